The van der Waals surface area contributed by atoms with Crippen LogP contribution in [-0.4, -0.2) is 54.0 Å². The van der Waals surface area contributed by atoms with Crippen LogP contribution in [0.4, 0.5) is 4.39 Å². The summed E-state index contributed by atoms with van der Waals surface area (Å²) < 4.78 is 19.5. The third-order valence-electron chi connectivity index (χ3n) is 6.60. The van der Waals surface area contributed by atoms with E-state index in [-0.39, 0.29) is 17.8 Å². The van der Waals surface area contributed by atoms with Gasteiger partial charge in [0.25, 0.3) is 5.91 Å². The molecule has 0 aromatic heterocycles. The number of amides is 1. The lowest BCUT2D eigenvalue weighted by Crippen LogP contribution is -2.44. The van der Waals surface area contributed by atoms with E-state index in [1.807, 2.05) is 41.3 Å². The van der Waals surface area contributed by atoms with Crippen molar-refractivity contribution in [1.82, 2.24) is 9.80 Å². The van der Waals surface area contributed by atoms with E-state index < -0.39 is 0 Å². The topological polar surface area (TPSA) is 32.8 Å². The van der Waals surface area contributed by atoms with Crippen LogP contribution in [0.25, 0.3) is 0 Å². The standard InChI is InChI=1S/C26H33FN2O2/c1-20(19-21-9-11-22(27)12-10-21)28-17-13-23(14-18-28)31-25-8-4-3-7-24(25)26(30)29-15-5-2-6-16-29/h3-4,7-12,20,23H,2,5-6,13-19H2,1H3. The zero-order valence-electron chi connectivity index (χ0n) is 18.4. The number of benzene rings is 2. The molecule has 2 saturated heterocycles. The largest absolute Gasteiger partial charge is 0.489 e. The number of hydrogen-bond donors (Lipinski definition) is 0. The lowest BCUT2D eigenvalue weighted by atomic mass is 10.0. The van der Waals surface area contributed by atoms with Gasteiger partial charge >= 0.3 is 0 Å². The van der Waals surface area contributed by atoms with Gasteiger partial charge in [-0.3, -0.25) is 4.79 Å². The van der Waals surface area contributed by atoms with E-state index in [0.29, 0.717) is 11.6 Å². The van der Waals surface area contributed by atoms with Gasteiger partial charge in [-0.05, 0) is 75.3 Å². The summed E-state index contributed by atoms with van der Waals surface area (Å²) in [5.41, 5.74) is 1.86. The van der Waals surface area contributed by atoms with Gasteiger partial charge < -0.3 is 14.5 Å². The quantitative estimate of drug-likeness (QED) is 0.659. The number of likely N-dealkylation sites (tertiary alicyclic amines) is 2. The molecule has 1 atom stereocenters. The number of hydrogen-bond acceptors (Lipinski definition) is 3. The van der Waals surface area contributed by atoms with Crippen LogP contribution in [0.15, 0.2) is 48.5 Å². The van der Waals surface area contributed by atoms with Gasteiger partial charge in [-0.1, -0.05) is 24.3 Å². The van der Waals surface area contributed by atoms with Crippen molar-refractivity contribution >= 4 is 5.91 Å². The Hall–Kier alpha value is -2.40. The predicted octanol–water partition coefficient (Wildman–Crippen LogP) is 4.93. The van der Waals surface area contributed by atoms with E-state index in [1.165, 1.54) is 18.6 Å². The normalized spacial score (nSPS) is 19.2. The van der Waals surface area contributed by atoms with Crippen molar-refractivity contribution in [2.24, 2.45) is 0 Å². The number of halogens is 1. The molecular formula is C26H33FN2O2. The second-order valence-corrected chi connectivity index (χ2v) is 8.88. The van der Waals surface area contributed by atoms with Crippen LogP contribution in [0, 0.1) is 5.82 Å². The summed E-state index contributed by atoms with van der Waals surface area (Å²) in [5, 5.41) is 0. The van der Waals surface area contributed by atoms with Crippen molar-refractivity contribution < 1.29 is 13.9 Å². The number of piperidine rings is 2. The van der Waals surface area contributed by atoms with Gasteiger partial charge in [0.15, 0.2) is 0 Å². The van der Waals surface area contributed by atoms with E-state index in [0.717, 1.165) is 69.6 Å². The zero-order valence-corrected chi connectivity index (χ0v) is 18.4. The maximum absolute atomic E-state index is 13.1. The summed E-state index contributed by atoms with van der Waals surface area (Å²) in [7, 11) is 0. The number of carbonyl (C=O) groups excluding carboxylic acids is 1. The number of carbonyl (C=O) groups is 1. The molecule has 0 bridgehead atoms. The fraction of sp³-hybridized carbons (Fsp3) is 0.500. The van der Waals surface area contributed by atoms with Crippen LogP contribution in [0.5, 0.6) is 5.75 Å². The highest BCUT2D eigenvalue weighted by molar-refractivity contribution is 5.97. The maximum Gasteiger partial charge on any atom is 0.257 e. The second kappa shape index (κ2) is 10.3. The lowest BCUT2D eigenvalue weighted by Gasteiger charge is -2.36. The van der Waals surface area contributed by atoms with Crippen LogP contribution in [0.3, 0.4) is 0 Å². The molecule has 0 saturated carbocycles. The van der Waals surface area contributed by atoms with Crippen LogP contribution in [-0.2, 0) is 6.42 Å². The van der Waals surface area contributed by atoms with Crippen molar-refractivity contribution in [3.8, 4) is 5.75 Å². The van der Waals surface area contributed by atoms with Gasteiger partial charge in [0, 0.05) is 32.2 Å². The van der Waals surface area contributed by atoms with Gasteiger partial charge in [0.05, 0.1) is 5.56 Å². The van der Waals surface area contributed by atoms with E-state index in [2.05, 4.69) is 11.8 Å². The molecule has 1 amide bonds. The van der Waals surface area contributed by atoms with Gasteiger partial charge in [-0.2, -0.15) is 0 Å². The van der Waals surface area contributed by atoms with Crippen molar-refractivity contribution in [2.45, 2.75) is 57.6 Å². The number of nitrogens with zero attached hydrogens (tertiary/aromatic N) is 2. The molecule has 166 valence electrons. The molecule has 4 rings (SSSR count). The van der Waals surface area contributed by atoms with Crippen LogP contribution >= 0.6 is 0 Å². The summed E-state index contributed by atoms with van der Waals surface area (Å²) in [5.74, 6) is 0.630. The van der Waals surface area contributed by atoms with Crippen LogP contribution in [0.2, 0.25) is 0 Å². The van der Waals surface area contributed by atoms with Crippen molar-refractivity contribution in [3.63, 3.8) is 0 Å². The van der Waals surface area contributed by atoms with Gasteiger partial charge in [0.1, 0.15) is 17.7 Å². The van der Waals surface area contributed by atoms with Crippen molar-refractivity contribution in [2.75, 3.05) is 26.2 Å². The lowest BCUT2D eigenvalue weighted by molar-refractivity contribution is 0.0683. The Kier molecular flexibility index (Phi) is 7.23. The third kappa shape index (κ3) is 5.65. The summed E-state index contributed by atoms with van der Waals surface area (Å²) >= 11 is 0. The first-order chi connectivity index (χ1) is 15.1. The summed E-state index contributed by atoms with van der Waals surface area (Å²) in [6, 6.07) is 14.9. The summed E-state index contributed by atoms with van der Waals surface area (Å²) in [6.45, 7) is 5.86. The molecule has 0 N–H and O–H groups in total. The molecular weight excluding hydrogens is 391 g/mol. The monoisotopic (exact) mass is 424 g/mol. The fourth-order valence-corrected chi connectivity index (χ4v) is 4.72. The number of rotatable bonds is 6. The smallest absolute Gasteiger partial charge is 0.257 e. The molecule has 2 aromatic carbocycles. The number of ether oxygens (including phenoxy) is 1. The van der Waals surface area contributed by atoms with Gasteiger partial charge in [-0.25, -0.2) is 4.39 Å². The Bertz CT molecular complexity index is 856. The Morgan fingerprint density at radius 1 is 1.00 bits per heavy atom. The summed E-state index contributed by atoms with van der Waals surface area (Å²) in [4.78, 5) is 17.5. The molecule has 0 spiro atoms. The van der Waals surface area contributed by atoms with E-state index >= 15 is 0 Å². The molecule has 2 heterocycles. The minimum Gasteiger partial charge on any atom is -0.489 e. The third-order valence-corrected chi connectivity index (χ3v) is 6.60. The van der Waals surface area contributed by atoms with Gasteiger partial charge in [0.2, 0.25) is 0 Å². The van der Waals surface area contributed by atoms with Crippen molar-refractivity contribution in [3.05, 3.63) is 65.5 Å². The summed E-state index contributed by atoms with van der Waals surface area (Å²) in [6.07, 6.45) is 6.32. The first-order valence-electron chi connectivity index (χ1n) is 11.6. The first kappa shape index (κ1) is 21.8. The highest BCUT2D eigenvalue weighted by Gasteiger charge is 2.26. The average molecular weight is 425 g/mol. The Morgan fingerprint density at radius 2 is 1.68 bits per heavy atom. The SMILES string of the molecule is CC(Cc1ccc(F)cc1)N1CCC(Oc2ccccc2C(=O)N2CCCCC2)CC1. The fourth-order valence-electron chi connectivity index (χ4n) is 4.72. The molecule has 0 radical (unpaired) electrons. The highest BCUT2D eigenvalue weighted by Crippen LogP contribution is 2.26. The Labute approximate surface area is 185 Å². The minimum absolute atomic E-state index is 0.0978. The molecule has 2 aliphatic heterocycles. The Morgan fingerprint density at radius 3 is 2.39 bits per heavy atom. The predicted molar refractivity (Wildman–Crippen MR) is 121 cm³/mol. The molecule has 2 aromatic rings. The van der Waals surface area contributed by atoms with Crippen LogP contribution in [0.1, 0.15) is 54.9 Å². The molecule has 31 heavy (non-hydrogen) atoms. The van der Waals surface area contributed by atoms with Crippen molar-refractivity contribution in [1.29, 1.82) is 0 Å². The molecule has 0 aliphatic carbocycles. The first-order valence-corrected chi connectivity index (χ1v) is 11.6. The maximum atomic E-state index is 13.1. The van der Waals surface area contributed by atoms with Gasteiger partial charge in [-0.15, -0.1) is 0 Å². The molecule has 2 fully saturated rings. The molecule has 4 nitrogen and oxygen atoms in total. The van der Waals surface area contributed by atoms with E-state index in [1.54, 1.807) is 0 Å². The Balaban J connectivity index is 1.32. The highest BCUT2D eigenvalue weighted by atomic mass is 19.1. The molecule has 5 heteroatoms. The second-order valence-electron chi connectivity index (χ2n) is 8.88. The minimum atomic E-state index is -0.187. The molecule has 1 unspecified atom stereocenters. The zero-order chi connectivity index (χ0) is 21.6. The average Bonchev–Trinajstić information content (AvgIpc) is 2.81. The molecule has 2 aliphatic rings. The van der Waals surface area contributed by atoms with E-state index in [4.69, 9.17) is 4.74 Å². The van der Waals surface area contributed by atoms with Crippen LogP contribution < -0.4 is 4.74 Å². The number of para-hydroxylation sites is 1. The van der Waals surface area contributed by atoms with E-state index in [9.17, 15) is 9.18 Å².